The van der Waals surface area contributed by atoms with Gasteiger partial charge in [-0.2, -0.15) is 0 Å². The van der Waals surface area contributed by atoms with E-state index < -0.39 is 5.97 Å². The van der Waals surface area contributed by atoms with Gasteiger partial charge in [-0.15, -0.1) is 11.3 Å². The summed E-state index contributed by atoms with van der Waals surface area (Å²) in [4.78, 5) is 13.8. The number of nitrogens with zero attached hydrogens (tertiary/aromatic N) is 1. The summed E-state index contributed by atoms with van der Waals surface area (Å²) in [7, 11) is 0. The molecule has 1 atom stereocenters. The zero-order valence-electron chi connectivity index (χ0n) is 12.0. The molecule has 1 aliphatic rings. The fraction of sp³-hybridized carbons (Fsp3) is 0.667. The van der Waals surface area contributed by atoms with Crippen LogP contribution >= 0.6 is 11.3 Å². The Morgan fingerprint density at radius 2 is 2.10 bits per heavy atom. The van der Waals surface area contributed by atoms with Gasteiger partial charge in [0.25, 0.3) is 0 Å². The van der Waals surface area contributed by atoms with Gasteiger partial charge >= 0.3 is 5.97 Å². The number of carbonyl (C=O) groups is 1. The number of hydrogen-bond donors (Lipinski definition) is 1. The van der Waals surface area contributed by atoms with Gasteiger partial charge in [-0.05, 0) is 37.4 Å². The predicted octanol–water partition coefficient (Wildman–Crippen LogP) is 3.34. The Morgan fingerprint density at radius 1 is 1.40 bits per heavy atom. The minimum Gasteiger partial charge on any atom is -0.491 e. The summed E-state index contributed by atoms with van der Waals surface area (Å²) in [6.45, 7) is 6.14. The minimum absolute atomic E-state index is 0.298. The van der Waals surface area contributed by atoms with E-state index in [0.717, 1.165) is 6.54 Å². The maximum Gasteiger partial charge on any atom is 0.349 e. The molecule has 1 fully saturated rings. The summed E-state index contributed by atoms with van der Waals surface area (Å²) in [6, 6.07) is 1.74. The van der Waals surface area contributed by atoms with Gasteiger partial charge in [0.05, 0.1) is 6.61 Å². The van der Waals surface area contributed by atoms with Crippen LogP contribution in [0.2, 0.25) is 0 Å². The molecule has 2 heterocycles. The monoisotopic (exact) mass is 297 g/mol. The lowest BCUT2D eigenvalue weighted by molar-refractivity contribution is 0.0696. The fourth-order valence-electron chi connectivity index (χ4n) is 2.61. The van der Waals surface area contributed by atoms with Gasteiger partial charge in [0.1, 0.15) is 5.75 Å². The van der Waals surface area contributed by atoms with Crippen LogP contribution in [0.5, 0.6) is 5.75 Å². The van der Waals surface area contributed by atoms with Crippen molar-refractivity contribution in [2.24, 2.45) is 5.92 Å². The predicted molar refractivity (Wildman–Crippen MR) is 80.8 cm³/mol. The summed E-state index contributed by atoms with van der Waals surface area (Å²) in [5, 5.41) is 10.8. The molecule has 4 nitrogen and oxygen atoms in total. The lowest BCUT2D eigenvalue weighted by Crippen LogP contribution is -2.31. The van der Waals surface area contributed by atoms with Crippen LogP contribution in [0.4, 0.5) is 0 Å². The van der Waals surface area contributed by atoms with Crippen molar-refractivity contribution in [2.45, 2.75) is 32.6 Å². The summed E-state index contributed by atoms with van der Waals surface area (Å²) in [5.74, 6) is 0.00929. The molecule has 20 heavy (non-hydrogen) atoms. The Hall–Kier alpha value is -1.07. The molecule has 1 aliphatic heterocycles. The van der Waals surface area contributed by atoms with E-state index in [1.165, 1.54) is 50.1 Å². The highest BCUT2D eigenvalue weighted by molar-refractivity contribution is 7.12. The molecule has 1 aromatic heterocycles. The van der Waals surface area contributed by atoms with Crippen LogP contribution in [-0.2, 0) is 0 Å². The molecule has 0 aromatic carbocycles. The molecular formula is C15H23NO3S. The van der Waals surface area contributed by atoms with Gasteiger partial charge in [0.15, 0.2) is 4.88 Å². The van der Waals surface area contributed by atoms with Gasteiger partial charge in [0.2, 0.25) is 0 Å². The number of hydrogen-bond acceptors (Lipinski definition) is 4. The van der Waals surface area contributed by atoms with Crippen molar-refractivity contribution in [1.29, 1.82) is 0 Å². The van der Waals surface area contributed by atoms with Crippen LogP contribution < -0.4 is 4.74 Å². The Morgan fingerprint density at radius 3 is 2.75 bits per heavy atom. The lowest BCUT2D eigenvalue weighted by Gasteiger charge is -2.23. The zero-order valence-corrected chi connectivity index (χ0v) is 12.8. The van der Waals surface area contributed by atoms with Crippen LogP contribution in [0.1, 0.15) is 42.3 Å². The molecule has 1 aromatic rings. The average Bonchev–Trinajstić information content (AvgIpc) is 2.75. The van der Waals surface area contributed by atoms with E-state index in [4.69, 9.17) is 9.84 Å². The number of likely N-dealkylation sites (tertiary alicyclic amines) is 1. The van der Waals surface area contributed by atoms with Crippen LogP contribution in [0.25, 0.3) is 0 Å². The first-order chi connectivity index (χ1) is 9.66. The molecule has 112 valence electrons. The fourth-order valence-corrected chi connectivity index (χ4v) is 3.28. The topological polar surface area (TPSA) is 49.8 Å². The van der Waals surface area contributed by atoms with Crippen molar-refractivity contribution in [2.75, 3.05) is 26.2 Å². The smallest absolute Gasteiger partial charge is 0.349 e. The highest BCUT2D eigenvalue weighted by Gasteiger charge is 2.16. The molecule has 0 spiro atoms. The third-order valence-corrected chi connectivity index (χ3v) is 4.50. The minimum atomic E-state index is -0.907. The van der Waals surface area contributed by atoms with E-state index in [0.29, 0.717) is 23.2 Å². The third kappa shape index (κ3) is 4.49. The highest BCUT2D eigenvalue weighted by atomic mass is 32.1. The Balaban J connectivity index is 1.78. The van der Waals surface area contributed by atoms with Crippen molar-refractivity contribution in [3.63, 3.8) is 0 Å². The molecule has 1 unspecified atom stereocenters. The Labute approximate surface area is 124 Å². The first kappa shape index (κ1) is 15.3. The Bertz CT molecular complexity index is 425. The molecule has 0 bridgehead atoms. The molecule has 0 saturated carbocycles. The summed E-state index contributed by atoms with van der Waals surface area (Å²) in [6.07, 6.45) is 5.28. The third-order valence-electron chi connectivity index (χ3n) is 3.62. The van der Waals surface area contributed by atoms with Crippen molar-refractivity contribution in [3.8, 4) is 5.75 Å². The normalized spacial score (nSPS) is 18.4. The van der Waals surface area contributed by atoms with Crippen molar-refractivity contribution < 1.29 is 14.6 Å². The quantitative estimate of drug-likeness (QED) is 0.875. The molecular weight excluding hydrogens is 274 g/mol. The average molecular weight is 297 g/mol. The first-order valence-corrected chi connectivity index (χ1v) is 8.20. The standard InChI is InChI=1S/C15H23NO3S/c1-12(10-16-7-4-2-3-5-8-16)11-19-13-6-9-20-14(13)15(17)18/h6,9,12H,2-5,7-8,10-11H2,1H3,(H,17,18). The zero-order chi connectivity index (χ0) is 14.4. The second-order valence-electron chi connectivity index (χ2n) is 5.55. The van der Waals surface area contributed by atoms with Crippen molar-refractivity contribution in [1.82, 2.24) is 4.90 Å². The van der Waals surface area contributed by atoms with E-state index in [-0.39, 0.29) is 0 Å². The van der Waals surface area contributed by atoms with E-state index in [1.807, 2.05) is 0 Å². The number of aromatic carboxylic acids is 1. The van der Waals surface area contributed by atoms with Crippen LogP contribution in [-0.4, -0.2) is 42.2 Å². The van der Waals surface area contributed by atoms with Gasteiger partial charge in [0, 0.05) is 12.5 Å². The van der Waals surface area contributed by atoms with Crippen LogP contribution in [0.15, 0.2) is 11.4 Å². The number of carboxylic acids is 1. The number of carboxylic acid groups (broad SMARTS) is 1. The molecule has 0 amide bonds. The van der Waals surface area contributed by atoms with Gasteiger partial charge in [-0.25, -0.2) is 4.79 Å². The van der Waals surface area contributed by atoms with E-state index >= 15 is 0 Å². The van der Waals surface area contributed by atoms with E-state index in [9.17, 15) is 4.79 Å². The Kier molecular flexibility index (Phi) is 5.86. The second-order valence-corrected chi connectivity index (χ2v) is 6.47. The lowest BCUT2D eigenvalue weighted by atomic mass is 10.2. The SMILES string of the molecule is CC(COc1ccsc1C(=O)O)CN1CCCCCC1. The van der Waals surface area contributed by atoms with Crippen molar-refractivity contribution >= 4 is 17.3 Å². The summed E-state index contributed by atoms with van der Waals surface area (Å²) < 4.78 is 5.68. The van der Waals surface area contributed by atoms with Gasteiger partial charge < -0.3 is 14.7 Å². The molecule has 1 N–H and O–H groups in total. The maximum absolute atomic E-state index is 11.0. The highest BCUT2D eigenvalue weighted by Crippen LogP contribution is 2.25. The molecule has 0 aliphatic carbocycles. The largest absolute Gasteiger partial charge is 0.491 e. The van der Waals surface area contributed by atoms with Crippen LogP contribution in [0, 0.1) is 5.92 Å². The summed E-state index contributed by atoms with van der Waals surface area (Å²) in [5.41, 5.74) is 0. The molecule has 1 saturated heterocycles. The summed E-state index contributed by atoms with van der Waals surface area (Å²) >= 11 is 1.21. The van der Waals surface area contributed by atoms with Crippen molar-refractivity contribution in [3.05, 3.63) is 16.3 Å². The number of thiophene rings is 1. The molecule has 5 heteroatoms. The van der Waals surface area contributed by atoms with Crippen LogP contribution in [0.3, 0.4) is 0 Å². The van der Waals surface area contributed by atoms with Gasteiger partial charge in [-0.1, -0.05) is 19.8 Å². The second kappa shape index (κ2) is 7.64. The van der Waals surface area contributed by atoms with Gasteiger partial charge in [-0.3, -0.25) is 0 Å². The first-order valence-electron chi connectivity index (χ1n) is 7.32. The van der Waals surface area contributed by atoms with E-state index in [1.54, 1.807) is 11.4 Å². The molecule has 2 rings (SSSR count). The molecule has 0 radical (unpaired) electrons. The maximum atomic E-state index is 11.0. The number of rotatable bonds is 6. The van der Waals surface area contributed by atoms with E-state index in [2.05, 4.69) is 11.8 Å². The number of ether oxygens (including phenoxy) is 1.